The van der Waals surface area contributed by atoms with E-state index < -0.39 is 0 Å². The van der Waals surface area contributed by atoms with Crippen molar-refractivity contribution in [2.24, 2.45) is 11.7 Å². The fraction of sp³-hybridized carbons (Fsp3) is 0.364. The molecule has 0 aliphatic carbocycles. The lowest BCUT2D eigenvalue weighted by molar-refractivity contribution is -0.145. The van der Waals surface area contributed by atoms with Gasteiger partial charge >= 0.3 is 5.97 Å². The number of benzene rings is 1. The predicted molar refractivity (Wildman–Crippen MR) is 64.7 cm³/mol. The lowest BCUT2D eigenvalue weighted by Gasteiger charge is -2.13. The van der Waals surface area contributed by atoms with Crippen molar-refractivity contribution in [3.8, 4) is 0 Å². The van der Waals surface area contributed by atoms with Crippen molar-refractivity contribution in [1.82, 2.24) is 0 Å². The standard InChI is InChI=1S/C11H13Cl2NO2/c1-16-11(15)8(6-14)5-7-3-2-4-9(12)10(7)13/h2-4,8H,5-6,14H2,1H3/t8-/m0/s1. The fourth-order valence-corrected chi connectivity index (χ4v) is 1.80. The van der Waals surface area contributed by atoms with Crippen LogP contribution in [0.1, 0.15) is 5.56 Å². The van der Waals surface area contributed by atoms with Gasteiger partial charge < -0.3 is 10.5 Å². The number of esters is 1. The Morgan fingerprint density at radius 2 is 2.19 bits per heavy atom. The molecule has 1 aromatic rings. The highest BCUT2D eigenvalue weighted by Gasteiger charge is 2.19. The Kier molecular flexibility index (Phi) is 5.06. The number of hydrogen-bond acceptors (Lipinski definition) is 3. The fourth-order valence-electron chi connectivity index (χ4n) is 1.40. The van der Waals surface area contributed by atoms with E-state index in [1.54, 1.807) is 12.1 Å². The van der Waals surface area contributed by atoms with Gasteiger partial charge in [-0.3, -0.25) is 4.79 Å². The first-order valence-corrected chi connectivity index (χ1v) is 5.56. The molecule has 0 aromatic heterocycles. The monoisotopic (exact) mass is 261 g/mol. The van der Waals surface area contributed by atoms with Crippen LogP contribution in [0.4, 0.5) is 0 Å². The van der Waals surface area contributed by atoms with Crippen LogP contribution in [-0.2, 0) is 16.0 Å². The van der Waals surface area contributed by atoms with Crippen molar-refractivity contribution in [2.75, 3.05) is 13.7 Å². The molecule has 0 heterocycles. The summed E-state index contributed by atoms with van der Waals surface area (Å²) in [5.41, 5.74) is 6.31. The normalized spacial score (nSPS) is 12.2. The number of ether oxygens (including phenoxy) is 1. The molecule has 0 radical (unpaired) electrons. The predicted octanol–water partition coefficient (Wildman–Crippen LogP) is 2.28. The Morgan fingerprint density at radius 1 is 1.50 bits per heavy atom. The van der Waals surface area contributed by atoms with Gasteiger partial charge in [0.1, 0.15) is 0 Å². The molecule has 16 heavy (non-hydrogen) atoms. The first kappa shape index (κ1) is 13.3. The van der Waals surface area contributed by atoms with E-state index in [9.17, 15) is 4.79 Å². The Labute approximate surface area is 104 Å². The van der Waals surface area contributed by atoms with Gasteiger partial charge in [-0.05, 0) is 18.1 Å². The lowest BCUT2D eigenvalue weighted by atomic mass is 9.99. The van der Waals surface area contributed by atoms with E-state index in [1.807, 2.05) is 6.07 Å². The minimum atomic E-state index is -0.388. The minimum absolute atomic E-state index is 0.218. The second-order valence-corrected chi connectivity index (χ2v) is 4.16. The van der Waals surface area contributed by atoms with Crippen LogP contribution >= 0.6 is 23.2 Å². The average molecular weight is 262 g/mol. The molecule has 0 bridgehead atoms. The first-order valence-electron chi connectivity index (χ1n) is 4.81. The zero-order valence-corrected chi connectivity index (χ0v) is 10.4. The molecule has 3 nitrogen and oxygen atoms in total. The summed E-state index contributed by atoms with van der Waals surface area (Å²) in [5, 5.41) is 0.936. The maximum absolute atomic E-state index is 11.4. The van der Waals surface area contributed by atoms with E-state index in [0.29, 0.717) is 16.5 Å². The van der Waals surface area contributed by atoms with Crippen molar-refractivity contribution >= 4 is 29.2 Å². The molecule has 1 atom stereocenters. The van der Waals surface area contributed by atoms with Crippen molar-refractivity contribution in [1.29, 1.82) is 0 Å². The van der Waals surface area contributed by atoms with Gasteiger partial charge in [0.2, 0.25) is 0 Å². The van der Waals surface area contributed by atoms with Gasteiger partial charge in [0.05, 0.1) is 23.1 Å². The largest absolute Gasteiger partial charge is 0.469 e. The highest BCUT2D eigenvalue weighted by atomic mass is 35.5. The van der Waals surface area contributed by atoms with Crippen molar-refractivity contribution in [2.45, 2.75) is 6.42 Å². The number of hydrogen-bond donors (Lipinski definition) is 1. The summed E-state index contributed by atoms with van der Waals surface area (Å²) in [4.78, 5) is 11.4. The molecule has 2 N–H and O–H groups in total. The molecule has 88 valence electrons. The second kappa shape index (κ2) is 6.09. The van der Waals surface area contributed by atoms with Gasteiger partial charge in [-0.15, -0.1) is 0 Å². The summed E-state index contributed by atoms with van der Waals surface area (Å²) in [6.45, 7) is 0.218. The van der Waals surface area contributed by atoms with Crippen LogP contribution in [0.2, 0.25) is 10.0 Å². The van der Waals surface area contributed by atoms with E-state index in [-0.39, 0.29) is 18.4 Å². The molecule has 0 saturated carbocycles. The second-order valence-electron chi connectivity index (χ2n) is 3.37. The van der Waals surface area contributed by atoms with E-state index in [4.69, 9.17) is 28.9 Å². The summed E-state index contributed by atoms with van der Waals surface area (Å²) in [5.74, 6) is -0.723. The van der Waals surface area contributed by atoms with Crippen LogP contribution in [0.5, 0.6) is 0 Å². The molecule has 1 rings (SSSR count). The van der Waals surface area contributed by atoms with Gasteiger partial charge in [-0.1, -0.05) is 35.3 Å². The Bertz CT molecular complexity index is 382. The highest BCUT2D eigenvalue weighted by molar-refractivity contribution is 6.42. The van der Waals surface area contributed by atoms with Gasteiger partial charge in [0.25, 0.3) is 0 Å². The van der Waals surface area contributed by atoms with Crippen LogP contribution in [0.25, 0.3) is 0 Å². The average Bonchev–Trinajstić information content (AvgIpc) is 2.30. The van der Waals surface area contributed by atoms with Gasteiger partial charge in [0, 0.05) is 6.54 Å². The molecule has 0 aliphatic heterocycles. The number of carbonyl (C=O) groups excluding carboxylic acids is 1. The van der Waals surface area contributed by atoms with Crippen LogP contribution < -0.4 is 5.73 Å². The minimum Gasteiger partial charge on any atom is -0.469 e. The third kappa shape index (κ3) is 3.11. The zero-order chi connectivity index (χ0) is 12.1. The quantitative estimate of drug-likeness (QED) is 0.847. The Hall–Kier alpha value is -0.770. The van der Waals surface area contributed by atoms with Gasteiger partial charge in [-0.25, -0.2) is 0 Å². The van der Waals surface area contributed by atoms with Crippen molar-refractivity contribution < 1.29 is 9.53 Å². The smallest absolute Gasteiger partial charge is 0.310 e. The molecule has 0 aliphatic rings. The molecule has 5 heteroatoms. The van der Waals surface area contributed by atoms with Gasteiger partial charge in [0.15, 0.2) is 0 Å². The lowest BCUT2D eigenvalue weighted by Crippen LogP contribution is -2.26. The summed E-state index contributed by atoms with van der Waals surface area (Å²) in [6.07, 6.45) is 0.433. The van der Waals surface area contributed by atoms with Crippen molar-refractivity contribution in [3.63, 3.8) is 0 Å². The maximum atomic E-state index is 11.4. The molecule has 1 aromatic carbocycles. The molecular formula is C11H13Cl2NO2. The summed E-state index contributed by atoms with van der Waals surface area (Å²) in [7, 11) is 1.34. The van der Waals surface area contributed by atoms with E-state index in [0.717, 1.165) is 5.56 Å². The molecule has 0 fully saturated rings. The Balaban J connectivity index is 2.86. The first-order chi connectivity index (χ1) is 7.60. The van der Waals surface area contributed by atoms with Crippen LogP contribution in [0.15, 0.2) is 18.2 Å². The van der Waals surface area contributed by atoms with Crippen LogP contribution in [-0.4, -0.2) is 19.6 Å². The molecule has 0 unspecified atom stereocenters. The summed E-state index contributed by atoms with van der Waals surface area (Å²) in [6, 6.07) is 5.30. The summed E-state index contributed by atoms with van der Waals surface area (Å²) >= 11 is 11.9. The number of rotatable bonds is 4. The van der Waals surface area contributed by atoms with E-state index in [2.05, 4.69) is 4.74 Å². The van der Waals surface area contributed by atoms with Crippen molar-refractivity contribution in [3.05, 3.63) is 33.8 Å². The summed E-state index contributed by atoms with van der Waals surface area (Å²) < 4.78 is 4.65. The number of carbonyl (C=O) groups is 1. The SMILES string of the molecule is COC(=O)[C@H](CN)Cc1cccc(Cl)c1Cl. The van der Waals surface area contributed by atoms with E-state index in [1.165, 1.54) is 7.11 Å². The third-order valence-electron chi connectivity index (χ3n) is 2.32. The van der Waals surface area contributed by atoms with E-state index >= 15 is 0 Å². The highest BCUT2D eigenvalue weighted by Crippen LogP contribution is 2.27. The van der Waals surface area contributed by atoms with Crippen LogP contribution in [0, 0.1) is 5.92 Å². The molecule has 0 spiro atoms. The number of halogens is 2. The third-order valence-corrected chi connectivity index (χ3v) is 3.17. The molecule has 0 amide bonds. The molecule has 0 saturated heterocycles. The number of nitrogens with two attached hydrogens (primary N) is 1. The number of methoxy groups -OCH3 is 1. The topological polar surface area (TPSA) is 52.3 Å². The maximum Gasteiger partial charge on any atom is 0.310 e. The zero-order valence-electron chi connectivity index (χ0n) is 8.87. The Morgan fingerprint density at radius 3 is 2.75 bits per heavy atom. The van der Waals surface area contributed by atoms with Crippen LogP contribution in [0.3, 0.4) is 0 Å². The molecular weight excluding hydrogens is 249 g/mol. The van der Waals surface area contributed by atoms with Gasteiger partial charge in [-0.2, -0.15) is 0 Å².